The molecule has 1 atom stereocenters. The van der Waals surface area contributed by atoms with Crippen LogP contribution in [0, 0.1) is 6.92 Å². The van der Waals surface area contributed by atoms with Crippen LogP contribution in [0.15, 0.2) is 71.8 Å². The van der Waals surface area contributed by atoms with Crippen LogP contribution in [0.4, 0.5) is 0 Å². The molecule has 0 bridgehead atoms. The molecule has 5 nitrogen and oxygen atoms in total. The highest BCUT2D eigenvalue weighted by Crippen LogP contribution is 2.21. The molecule has 0 aliphatic rings. The number of aromatic nitrogens is 1. The highest BCUT2D eigenvalue weighted by molar-refractivity contribution is 7.86. The second-order valence-corrected chi connectivity index (χ2v) is 7.61. The number of hydrogen-bond acceptors (Lipinski definition) is 4. The Morgan fingerprint density at radius 2 is 1.69 bits per heavy atom. The molecule has 0 saturated carbocycles. The summed E-state index contributed by atoms with van der Waals surface area (Å²) in [7, 11) is -4.01. The van der Waals surface area contributed by atoms with Crippen LogP contribution in [0.25, 0.3) is 11.3 Å². The minimum Gasteiger partial charge on any atom is -0.360 e. The highest BCUT2D eigenvalue weighted by atomic mass is 32.2. The van der Waals surface area contributed by atoms with Gasteiger partial charge in [-0.05, 0) is 37.6 Å². The van der Waals surface area contributed by atoms with E-state index in [9.17, 15) is 13.2 Å². The van der Waals surface area contributed by atoms with Gasteiger partial charge in [0.1, 0.15) is 6.10 Å². The summed E-state index contributed by atoms with van der Waals surface area (Å²) >= 11 is 0. The number of rotatable bonds is 6. The lowest BCUT2D eigenvalue weighted by atomic mass is 10.1. The maximum atomic E-state index is 12.5. The lowest BCUT2D eigenvalue weighted by Gasteiger charge is -2.11. The molecule has 1 aromatic heterocycles. The number of ketones is 1. The van der Waals surface area contributed by atoms with E-state index in [1.807, 2.05) is 37.3 Å². The third-order valence-corrected chi connectivity index (χ3v) is 5.39. The Labute approximate surface area is 152 Å². The van der Waals surface area contributed by atoms with Gasteiger partial charge in [0.25, 0.3) is 10.1 Å². The molecule has 26 heavy (non-hydrogen) atoms. The maximum absolute atomic E-state index is 12.5. The molecule has 3 aromatic rings. The van der Waals surface area contributed by atoms with Crippen molar-refractivity contribution in [3.05, 3.63) is 78.0 Å². The smallest absolute Gasteiger partial charge is 0.297 e. The Morgan fingerprint density at radius 1 is 1.04 bits per heavy atom. The summed E-state index contributed by atoms with van der Waals surface area (Å²) in [5.74, 6) is -0.404. The third kappa shape index (κ3) is 3.92. The molecule has 0 aliphatic carbocycles. The molecule has 0 amide bonds. The molecule has 1 unspecified atom stereocenters. The first-order valence-electron chi connectivity index (χ1n) is 8.15. The van der Waals surface area contributed by atoms with E-state index in [4.69, 9.17) is 4.18 Å². The van der Waals surface area contributed by atoms with E-state index in [-0.39, 0.29) is 4.90 Å². The van der Waals surface area contributed by atoms with Crippen LogP contribution in [0.2, 0.25) is 0 Å². The van der Waals surface area contributed by atoms with Gasteiger partial charge in [0, 0.05) is 17.5 Å². The highest BCUT2D eigenvalue weighted by Gasteiger charge is 2.25. The van der Waals surface area contributed by atoms with Gasteiger partial charge in [-0.1, -0.05) is 48.0 Å². The van der Waals surface area contributed by atoms with E-state index in [1.165, 1.54) is 19.1 Å². The van der Waals surface area contributed by atoms with Crippen LogP contribution < -0.4 is 0 Å². The molecule has 1 heterocycles. The lowest BCUT2D eigenvalue weighted by molar-refractivity contribution is 0.0826. The number of aryl methyl sites for hydroxylation is 1. The Hall–Kier alpha value is -2.70. The molecule has 0 spiro atoms. The average Bonchev–Trinajstić information content (AvgIpc) is 3.12. The van der Waals surface area contributed by atoms with E-state index in [1.54, 1.807) is 24.4 Å². The summed E-state index contributed by atoms with van der Waals surface area (Å²) in [6, 6.07) is 17.5. The fourth-order valence-corrected chi connectivity index (χ4v) is 3.60. The van der Waals surface area contributed by atoms with Crippen LogP contribution in [-0.4, -0.2) is 25.3 Å². The lowest BCUT2D eigenvalue weighted by Crippen LogP contribution is -2.24. The SMILES string of the molecule is Cc1ccc(S(=O)(=O)OC(C)C(=O)c2c[nH]c(-c3ccccc3)c2)cc1. The fraction of sp³-hybridized carbons (Fsp3) is 0.150. The number of benzene rings is 2. The average molecular weight is 369 g/mol. The molecular formula is C20H19NO4S. The second kappa shape index (κ2) is 7.27. The zero-order valence-corrected chi connectivity index (χ0v) is 15.3. The van der Waals surface area contributed by atoms with Gasteiger partial charge in [0.2, 0.25) is 0 Å². The van der Waals surface area contributed by atoms with Gasteiger partial charge in [-0.25, -0.2) is 0 Å². The molecule has 0 saturated heterocycles. The summed E-state index contributed by atoms with van der Waals surface area (Å²) in [6.07, 6.45) is 0.434. The zero-order chi connectivity index (χ0) is 18.7. The Bertz CT molecular complexity index is 1010. The molecule has 134 valence electrons. The van der Waals surface area contributed by atoms with Crippen molar-refractivity contribution in [1.29, 1.82) is 0 Å². The van der Waals surface area contributed by atoms with Gasteiger partial charge < -0.3 is 4.98 Å². The van der Waals surface area contributed by atoms with E-state index in [0.717, 1.165) is 16.8 Å². The first kappa shape index (κ1) is 18.1. The van der Waals surface area contributed by atoms with Crippen LogP contribution in [-0.2, 0) is 14.3 Å². The minimum atomic E-state index is -4.01. The molecule has 0 aliphatic heterocycles. The number of hydrogen-bond donors (Lipinski definition) is 1. The molecule has 1 N–H and O–H groups in total. The number of carbonyl (C=O) groups excluding carboxylic acids is 1. The van der Waals surface area contributed by atoms with Crippen molar-refractivity contribution in [2.24, 2.45) is 0 Å². The monoisotopic (exact) mass is 369 g/mol. The van der Waals surface area contributed by atoms with E-state index in [0.29, 0.717) is 5.56 Å². The first-order valence-corrected chi connectivity index (χ1v) is 9.55. The predicted octanol–water partition coefficient (Wildman–Crippen LogP) is 3.97. The van der Waals surface area contributed by atoms with Crippen molar-refractivity contribution in [1.82, 2.24) is 4.98 Å². The van der Waals surface area contributed by atoms with Crippen molar-refractivity contribution >= 4 is 15.9 Å². The van der Waals surface area contributed by atoms with Crippen molar-refractivity contribution in [2.45, 2.75) is 24.8 Å². The molecular weight excluding hydrogens is 350 g/mol. The zero-order valence-electron chi connectivity index (χ0n) is 14.5. The summed E-state index contributed by atoms with van der Waals surface area (Å²) in [5.41, 5.74) is 3.03. The van der Waals surface area contributed by atoms with Crippen LogP contribution >= 0.6 is 0 Å². The van der Waals surface area contributed by atoms with Crippen LogP contribution in [0.1, 0.15) is 22.8 Å². The van der Waals surface area contributed by atoms with Crippen molar-refractivity contribution in [3.63, 3.8) is 0 Å². The van der Waals surface area contributed by atoms with Gasteiger partial charge in [-0.2, -0.15) is 8.42 Å². The summed E-state index contributed by atoms with van der Waals surface area (Å²) in [4.78, 5) is 15.6. The Kier molecular flexibility index (Phi) is 5.06. The van der Waals surface area contributed by atoms with Gasteiger partial charge >= 0.3 is 0 Å². The van der Waals surface area contributed by atoms with Crippen molar-refractivity contribution in [2.75, 3.05) is 0 Å². The normalized spacial score (nSPS) is 12.7. The van der Waals surface area contributed by atoms with Crippen molar-refractivity contribution in [3.8, 4) is 11.3 Å². The van der Waals surface area contributed by atoms with E-state index >= 15 is 0 Å². The minimum absolute atomic E-state index is 0.0294. The number of H-pyrrole nitrogens is 1. The van der Waals surface area contributed by atoms with E-state index in [2.05, 4.69) is 4.98 Å². The third-order valence-electron chi connectivity index (χ3n) is 4.00. The number of Topliss-reactive ketones (excluding diaryl/α,β-unsaturated/α-hetero) is 1. The number of carbonyl (C=O) groups is 1. The second-order valence-electron chi connectivity index (χ2n) is 6.04. The van der Waals surface area contributed by atoms with Crippen LogP contribution in [0.5, 0.6) is 0 Å². The van der Waals surface area contributed by atoms with Gasteiger partial charge in [-0.15, -0.1) is 0 Å². The van der Waals surface area contributed by atoms with Gasteiger partial charge in [-0.3, -0.25) is 8.98 Å². The summed E-state index contributed by atoms with van der Waals surface area (Å²) in [6.45, 7) is 3.29. The molecule has 6 heteroatoms. The molecule has 0 radical (unpaired) electrons. The molecule has 2 aromatic carbocycles. The maximum Gasteiger partial charge on any atom is 0.297 e. The number of aromatic amines is 1. The quantitative estimate of drug-likeness (QED) is 0.527. The molecule has 3 rings (SSSR count). The summed E-state index contributed by atoms with van der Waals surface area (Å²) < 4.78 is 29.8. The Morgan fingerprint density at radius 3 is 2.35 bits per heavy atom. The van der Waals surface area contributed by atoms with Gasteiger partial charge in [0.05, 0.1) is 4.90 Å². The standard InChI is InChI=1S/C20H19NO4S/c1-14-8-10-18(11-9-14)26(23,24)25-15(2)20(22)17-12-19(21-13-17)16-6-4-3-5-7-16/h3-13,15,21H,1-2H3. The number of nitrogens with one attached hydrogen (secondary N) is 1. The predicted molar refractivity (Wildman–Crippen MR) is 99.5 cm³/mol. The van der Waals surface area contributed by atoms with Gasteiger partial charge in [0.15, 0.2) is 5.78 Å². The largest absolute Gasteiger partial charge is 0.360 e. The van der Waals surface area contributed by atoms with Crippen molar-refractivity contribution < 1.29 is 17.4 Å². The first-order chi connectivity index (χ1) is 12.4. The van der Waals surface area contributed by atoms with E-state index < -0.39 is 22.0 Å². The fourth-order valence-electron chi connectivity index (χ4n) is 2.55. The summed E-state index contributed by atoms with van der Waals surface area (Å²) in [5, 5.41) is 0. The Balaban J connectivity index is 1.76. The topological polar surface area (TPSA) is 76.2 Å². The molecule has 0 fully saturated rings. The van der Waals surface area contributed by atoms with Crippen LogP contribution in [0.3, 0.4) is 0 Å².